The predicted molar refractivity (Wildman–Crippen MR) is 224 cm³/mol. The van der Waals surface area contributed by atoms with Crippen molar-refractivity contribution in [1.82, 2.24) is 0 Å². The lowest BCUT2D eigenvalue weighted by molar-refractivity contribution is -0.212. The van der Waals surface area contributed by atoms with E-state index in [1.54, 1.807) is 7.69 Å². The fourth-order valence-corrected chi connectivity index (χ4v) is 17.9. The molecule has 8 fully saturated rings. The summed E-state index contributed by atoms with van der Waals surface area (Å²) in [7, 11) is 1.68. The van der Waals surface area contributed by atoms with Gasteiger partial charge in [-0.2, -0.15) is 0 Å². The van der Waals surface area contributed by atoms with E-state index in [4.69, 9.17) is 9.31 Å². The maximum atomic E-state index is 12.0. The van der Waals surface area contributed by atoms with E-state index in [2.05, 4.69) is 41.5 Å². The molecule has 0 aromatic heterocycles. The van der Waals surface area contributed by atoms with E-state index in [1.165, 1.54) is 0 Å². The van der Waals surface area contributed by atoms with Crippen LogP contribution in [0, 0.1) is 92.7 Å². The molecule has 22 atom stereocenters. The molecule has 1 radical (unpaired) electrons. The van der Waals surface area contributed by atoms with Gasteiger partial charge >= 0.3 is 19.6 Å². The molecule has 0 spiro atoms. The first-order valence-corrected chi connectivity index (χ1v) is 24.1. The highest BCUT2D eigenvalue weighted by Crippen LogP contribution is 2.71. The molecule has 22 unspecified atom stereocenters. The predicted octanol–water partition coefficient (Wildman–Crippen LogP) is 7.49. The van der Waals surface area contributed by atoms with E-state index in [-0.39, 0.29) is 130 Å². The summed E-state index contributed by atoms with van der Waals surface area (Å²) in [5.41, 5.74) is -0.605. The molecule has 0 saturated heterocycles. The third-order valence-electron chi connectivity index (χ3n) is 21.0. The zero-order valence-corrected chi connectivity index (χ0v) is 37.0. The van der Waals surface area contributed by atoms with E-state index in [0.717, 1.165) is 89.9 Å². The number of aliphatic hydroxyl groups is 4. The Morgan fingerprint density at radius 1 is 0.576 bits per heavy atom. The van der Waals surface area contributed by atoms with E-state index < -0.39 is 24.1 Å². The maximum Gasteiger partial charge on any atom is 0.488 e. The van der Waals surface area contributed by atoms with Crippen molar-refractivity contribution in [3.05, 3.63) is 0 Å². The van der Waals surface area contributed by atoms with Gasteiger partial charge in [0.05, 0.1) is 24.4 Å². The van der Waals surface area contributed by atoms with Crippen LogP contribution in [-0.2, 0) is 18.9 Å². The van der Waals surface area contributed by atoms with Crippen LogP contribution in [0.2, 0.25) is 0 Å². The highest BCUT2D eigenvalue weighted by atomic mass is 16.6. The van der Waals surface area contributed by atoms with Gasteiger partial charge in [0.15, 0.2) is 0 Å². The van der Waals surface area contributed by atoms with Crippen molar-refractivity contribution in [2.75, 3.05) is 0 Å². The fraction of sp³-hybridized carbons (Fsp3) is 0.958. The number of fused-ring (bicyclic) bond motifs is 10. The summed E-state index contributed by atoms with van der Waals surface area (Å²) in [6.07, 6.45) is 11.5. The molecule has 8 saturated carbocycles. The van der Waals surface area contributed by atoms with E-state index in [9.17, 15) is 40.2 Å². The van der Waals surface area contributed by atoms with Gasteiger partial charge in [0, 0.05) is 25.0 Å². The summed E-state index contributed by atoms with van der Waals surface area (Å²) < 4.78 is 14.3. The summed E-state index contributed by atoms with van der Waals surface area (Å²) in [6, 6.07) is 0. The number of aliphatic carboxylic acids is 2. The second-order valence-electron chi connectivity index (χ2n) is 23.2. The van der Waals surface area contributed by atoms with Crippen LogP contribution in [0.15, 0.2) is 0 Å². The molecule has 59 heavy (non-hydrogen) atoms. The number of aliphatic hydroxyl groups excluding tert-OH is 4. The third-order valence-corrected chi connectivity index (χ3v) is 21.0. The smallest absolute Gasteiger partial charge is 0.481 e. The Hall–Kier alpha value is -1.24. The van der Waals surface area contributed by atoms with Crippen LogP contribution >= 0.6 is 0 Å². The lowest BCUT2D eigenvalue weighted by atomic mass is 9.43. The van der Waals surface area contributed by atoms with Crippen molar-refractivity contribution in [2.45, 2.75) is 194 Å². The van der Waals surface area contributed by atoms with Crippen molar-refractivity contribution in [3.63, 3.8) is 0 Å². The first-order valence-electron chi connectivity index (χ1n) is 24.1. The van der Waals surface area contributed by atoms with Crippen LogP contribution in [0.4, 0.5) is 0 Å². The SMILES string of the molecule is CC(CCC(=O)O)C1CCC2C3C(O)CC4CC(O)CCC4(C)C3CC(O[B]OC3CC4C(C(O)CC5CC(O)CCC54C)C4CCC(C(C)CCC(=O)O)C34C)C12C. The molecule has 11 heteroatoms. The van der Waals surface area contributed by atoms with Crippen molar-refractivity contribution < 1.29 is 49.5 Å². The molecule has 0 amide bonds. The first kappa shape index (κ1) is 44.4. The standard InChI is InChI=1S/C48H78BO10/c1-25(7-13-41(54)55)31-9-11-33-43-35(45(3)17-15-29(50)19-27(45)21-37(43)52)23-39(47(31,33)5)58-49-59-40-24-36-44(38(53)22-28-20-30(51)16-18-46(28,36)4)34-12-10-32(48(34,40)6)26(2)8-14-42(56)57/h25-40,43-44,50-53H,7-24H2,1-6H3,(H,54,55)(H,56,57). The fourth-order valence-electron chi connectivity index (χ4n) is 17.9. The molecule has 0 heterocycles. The monoisotopic (exact) mass is 826 g/mol. The number of carboxylic acids is 2. The normalized spacial score (nSPS) is 52.4. The van der Waals surface area contributed by atoms with Gasteiger partial charge in [0.25, 0.3) is 0 Å². The molecule has 0 aromatic rings. The average molecular weight is 826 g/mol. The Kier molecular flexibility index (Phi) is 12.3. The Balaban J connectivity index is 1.10. The van der Waals surface area contributed by atoms with Crippen LogP contribution in [-0.4, -0.2) is 86.9 Å². The maximum absolute atomic E-state index is 12.0. The lowest BCUT2D eigenvalue weighted by Crippen LogP contribution is -2.63. The van der Waals surface area contributed by atoms with Crippen LogP contribution in [0.5, 0.6) is 0 Å². The van der Waals surface area contributed by atoms with Gasteiger partial charge in [-0.25, -0.2) is 0 Å². The van der Waals surface area contributed by atoms with Gasteiger partial charge < -0.3 is 39.9 Å². The van der Waals surface area contributed by atoms with Crippen LogP contribution in [0.3, 0.4) is 0 Å². The van der Waals surface area contributed by atoms with Crippen molar-refractivity contribution >= 4 is 19.6 Å². The second-order valence-corrected chi connectivity index (χ2v) is 23.2. The van der Waals surface area contributed by atoms with Crippen LogP contribution in [0.1, 0.15) is 157 Å². The van der Waals surface area contributed by atoms with Gasteiger partial charge in [-0.05, 0) is 195 Å². The summed E-state index contributed by atoms with van der Waals surface area (Å²) in [6.45, 7) is 14.0. The largest absolute Gasteiger partial charge is 0.488 e. The average Bonchev–Trinajstić information content (AvgIpc) is 3.72. The second kappa shape index (κ2) is 16.4. The first-order chi connectivity index (χ1) is 27.8. The molecule has 0 bridgehead atoms. The number of hydrogen-bond donors (Lipinski definition) is 6. The number of hydrogen-bond acceptors (Lipinski definition) is 8. The summed E-state index contributed by atoms with van der Waals surface area (Å²) >= 11 is 0. The molecule has 6 N–H and O–H groups in total. The molecule has 333 valence electrons. The van der Waals surface area contributed by atoms with Crippen molar-refractivity contribution in [1.29, 1.82) is 0 Å². The van der Waals surface area contributed by atoms with Gasteiger partial charge in [0.2, 0.25) is 0 Å². The molecule has 8 rings (SSSR count). The molecule has 0 aliphatic heterocycles. The van der Waals surface area contributed by atoms with E-state index in [1.807, 2.05) is 0 Å². The van der Waals surface area contributed by atoms with Gasteiger partial charge in [0.1, 0.15) is 0 Å². The van der Waals surface area contributed by atoms with Crippen molar-refractivity contribution in [2.24, 2.45) is 92.7 Å². The van der Waals surface area contributed by atoms with E-state index >= 15 is 0 Å². The highest BCUT2D eigenvalue weighted by Gasteiger charge is 2.68. The van der Waals surface area contributed by atoms with E-state index in [0.29, 0.717) is 12.8 Å². The van der Waals surface area contributed by atoms with Crippen LogP contribution < -0.4 is 0 Å². The number of carbonyl (C=O) groups is 2. The molecular weight excluding hydrogens is 747 g/mol. The molecule has 8 aliphatic rings. The Labute approximate surface area is 354 Å². The van der Waals surface area contributed by atoms with Gasteiger partial charge in [-0.1, -0.05) is 41.5 Å². The lowest BCUT2D eigenvalue weighted by Gasteiger charge is -2.64. The zero-order chi connectivity index (χ0) is 42.4. The topological polar surface area (TPSA) is 174 Å². The summed E-state index contributed by atoms with van der Waals surface area (Å²) in [4.78, 5) is 23.5. The van der Waals surface area contributed by atoms with Crippen molar-refractivity contribution in [3.8, 4) is 0 Å². The zero-order valence-electron chi connectivity index (χ0n) is 37.0. The molecule has 10 nitrogen and oxygen atoms in total. The molecular formula is C48H78BO10. The van der Waals surface area contributed by atoms with Crippen LogP contribution in [0.25, 0.3) is 0 Å². The summed E-state index contributed by atoms with van der Waals surface area (Å²) in [5.74, 6) is 1.02. The Morgan fingerprint density at radius 2 is 0.966 bits per heavy atom. The highest BCUT2D eigenvalue weighted by molar-refractivity contribution is 6.18. The van der Waals surface area contributed by atoms with Gasteiger partial charge in [-0.3, -0.25) is 9.59 Å². The third kappa shape index (κ3) is 7.30. The Bertz CT molecular complexity index is 1440. The summed E-state index contributed by atoms with van der Waals surface area (Å²) in [5, 5.41) is 64.9. The minimum Gasteiger partial charge on any atom is -0.481 e. The Morgan fingerprint density at radius 3 is 1.34 bits per heavy atom. The molecule has 0 aromatic carbocycles. The minimum absolute atomic E-state index is 0.0104. The minimum atomic E-state index is -0.768. The van der Waals surface area contributed by atoms with Gasteiger partial charge in [-0.15, -0.1) is 0 Å². The number of rotatable bonds is 12. The quantitative estimate of drug-likeness (QED) is 0.108. The molecule has 8 aliphatic carbocycles. The number of carboxylic acid groups (broad SMARTS) is 2.